The minimum absolute atomic E-state index is 0.124. The van der Waals surface area contributed by atoms with Crippen LogP contribution < -0.4 is 21.3 Å². The maximum atomic E-state index is 13.6. The van der Waals surface area contributed by atoms with Crippen LogP contribution in [0.5, 0.6) is 0 Å². The largest absolute Gasteiger partial charge is 0.338 e. The van der Waals surface area contributed by atoms with Crippen molar-refractivity contribution in [1.82, 2.24) is 10.6 Å². The highest BCUT2D eigenvalue weighted by atomic mass is 19.1. The van der Waals surface area contributed by atoms with E-state index in [1.807, 2.05) is 0 Å². The van der Waals surface area contributed by atoms with Gasteiger partial charge < -0.3 is 21.3 Å². The Morgan fingerprint density at radius 1 is 0.719 bits per heavy atom. The first-order chi connectivity index (χ1) is 15.3. The number of urea groups is 2. The van der Waals surface area contributed by atoms with E-state index in [-0.39, 0.29) is 11.8 Å². The number of halogens is 4. The highest BCUT2D eigenvalue weighted by molar-refractivity contribution is 5.90. The van der Waals surface area contributed by atoms with Crippen LogP contribution in [-0.4, -0.2) is 25.2 Å². The summed E-state index contributed by atoms with van der Waals surface area (Å²) in [7, 11) is 0. The maximum Gasteiger partial charge on any atom is 0.319 e. The number of carbonyl (C=O) groups is 2. The van der Waals surface area contributed by atoms with E-state index in [2.05, 4.69) is 21.3 Å². The van der Waals surface area contributed by atoms with Gasteiger partial charge in [-0.05, 0) is 55.4 Å². The summed E-state index contributed by atoms with van der Waals surface area (Å²) in [4.78, 5) is 24.0. The normalized spacial score (nSPS) is 18.0. The highest BCUT2D eigenvalue weighted by Crippen LogP contribution is 2.28. The second-order valence-corrected chi connectivity index (χ2v) is 7.76. The lowest BCUT2D eigenvalue weighted by Gasteiger charge is -2.29. The molecular weight excluding hydrogens is 428 g/mol. The van der Waals surface area contributed by atoms with Crippen LogP contribution in [0.25, 0.3) is 0 Å². The van der Waals surface area contributed by atoms with Crippen LogP contribution >= 0.6 is 0 Å². The molecule has 0 aromatic heterocycles. The van der Waals surface area contributed by atoms with Crippen LogP contribution in [-0.2, 0) is 0 Å². The van der Waals surface area contributed by atoms with Gasteiger partial charge in [-0.15, -0.1) is 0 Å². The molecule has 0 radical (unpaired) electrons. The van der Waals surface area contributed by atoms with Crippen LogP contribution in [0, 0.1) is 35.1 Å². The van der Waals surface area contributed by atoms with E-state index in [1.54, 1.807) is 0 Å². The molecule has 2 aromatic carbocycles. The van der Waals surface area contributed by atoms with Gasteiger partial charge in [-0.3, -0.25) is 0 Å². The number of hydrogen-bond donors (Lipinski definition) is 4. The molecule has 0 saturated heterocycles. The van der Waals surface area contributed by atoms with E-state index < -0.39 is 46.7 Å². The number of carbonyl (C=O) groups excluding carboxylic acids is 2. The summed E-state index contributed by atoms with van der Waals surface area (Å²) in [6.45, 7) is 0.621. The predicted octanol–water partition coefficient (Wildman–Crippen LogP) is 4.99. The fourth-order valence-corrected chi connectivity index (χ4v) is 3.80. The van der Waals surface area contributed by atoms with Gasteiger partial charge in [0.25, 0.3) is 0 Å². The monoisotopic (exact) mass is 452 g/mol. The third-order valence-electron chi connectivity index (χ3n) is 5.40. The predicted molar refractivity (Wildman–Crippen MR) is 112 cm³/mol. The van der Waals surface area contributed by atoms with Crippen molar-refractivity contribution in [3.05, 3.63) is 59.7 Å². The molecule has 4 N–H and O–H groups in total. The first-order valence-corrected chi connectivity index (χ1v) is 10.3. The molecule has 0 spiro atoms. The molecule has 172 valence electrons. The molecule has 0 bridgehead atoms. The third-order valence-corrected chi connectivity index (χ3v) is 5.40. The number of amides is 4. The van der Waals surface area contributed by atoms with Crippen molar-refractivity contribution in [2.45, 2.75) is 25.7 Å². The summed E-state index contributed by atoms with van der Waals surface area (Å²) in [6, 6.07) is 5.19. The van der Waals surface area contributed by atoms with Crippen molar-refractivity contribution in [1.29, 1.82) is 0 Å². The van der Waals surface area contributed by atoms with Gasteiger partial charge in [0, 0.05) is 13.1 Å². The first-order valence-electron chi connectivity index (χ1n) is 10.3. The zero-order valence-corrected chi connectivity index (χ0v) is 17.2. The van der Waals surface area contributed by atoms with Crippen LogP contribution in [0.4, 0.5) is 38.5 Å². The van der Waals surface area contributed by atoms with Crippen molar-refractivity contribution in [3.63, 3.8) is 0 Å². The Hall–Kier alpha value is -3.30. The molecule has 3 rings (SSSR count). The van der Waals surface area contributed by atoms with Crippen molar-refractivity contribution >= 4 is 23.4 Å². The van der Waals surface area contributed by atoms with Gasteiger partial charge in [0.1, 0.15) is 34.6 Å². The highest BCUT2D eigenvalue weighted by Gasteiger charge is 2.23. The molecular formula is C22H24F4N4O2. The minimum atomic E-state index is -0.863. The standard InChI is InChI=1S/C22H24F4N4O2/c23-15-6-2-7-16(24)19(15)29-21(31)27-11-13-4-1-5-14(10-13)12-28-22(32)30-20-17(25)8-3-9-18(20)26/h2-3,6-9,13-14H,1,4-5,10-12H2,(H2,27,29,31)(H2,28,30,32)/t13-,14-/m1/s1. The Morgan fingerprint density at radius 3 is 1.47 bits per heavy atom. The molecule has 1 aliphatic carbocycles. The van der Waals surface area contributed by atoms with Gasteiger partial charge in [0.15, 0.2) is 0 Å². The Labute approximate surface area is 182 Å². The molecule has 10 heteroatoms. The molecule has 0 aliphatic heterocycles. The van der Waals surface area contributed by atoms with Crippen molar-refractivity contribution < 1.29 is 27.2 Å². The number of hydrogen-bond acceptors (Lipinski definition) is 2. The molecule has 1 saturated carbocycles. The molecule has 2 atom stereocenters. The SMILES string of the molecule is O=C(NC[C@@H]1CCC[C@@H](CNC(=O)Nc2c(F)cccc2F)C1)Nc1c(F)cccc1F. The fourth-order valence-electron chi connectivity index (χ4n) is 3.80. The summed E-state index contributed by atoms with van der Waals surface area (Å²) in [5.41, 5.74) is -1.01. The topological polar surface area (TPSA) is 82.3 Å². The zero-order valence-electron chi connectivity index (χ0n) is 17.2. The van der Waals surface area contributed by atoms with Gasteiger partial charge in [0.2, 0.25) is 0 Å². The molecule has 0 heterocycles. The molecule has 32 heavy (non-hydrogen) atoms. The number of nitrogens with one attached hydrogen (secondary N) is 4. The van der Waals surface area contributed by atoms with Crippen LogP contribution in [0.1, 0.15) is 25.7 Å². The van der Waals surface area contributed by atoms with Crippen LogP contribution in [0.15, 0.2) is 36.4 Å². The average molecular weight is 452 g/mol. The van der Waals surface area contributed by atoms with Crippen LogP contribution in [0.2, 0.25) is 0 Å². The molecule has 1 fully saturated rings. The fraction of sp³-hybridized carbons (Fsp3) is 0.364. The zero-order chi connectivity index (χ0) is 23.1. The molecule has 4 amide bonds. The van der Waals surface area contributed by atoms with Gasteiger partial charge in [0.05, 0.1) is 0 Å². The van der Waals surface area contributed by atoms with E-state index in [9.17, 15) is 27.2 Å². The minimum Gasteiger partial charge on any atom is -0.338 e. The number of para-hydroxylation sites is 2. The summed E-state index contributed by atoms with van der Waals surface area (Å²) in [5, 5.41) is 9.59. The lowest BCUT2D eigenvalue weighted by atomic mass is 9.81. The van der Waals surface area contributed by atoms with Gasteiger partial charge in [-0.25, -0.2) is 27.2 Å². The molecule has 2 aromatic rings. The van der Waals surface area contributed by atoms with Crippen molar-refractivity contribution in [2.75, 3.05) is 23.7 Å². The average Bonchev–Trinajstić information content (AvgIpc) is 2.76. The van der Waals surface area contributed by atoms with E-state index in [0.717, 1.165) is 43.5 Å². The van der Waals surface area contributed by atoms with E-state index in [4.69, 9.17) is 0 Å². The first kappa shape index (κ1) is 23.4. The third kappa shape index (κ3) is 6.35. The summed E-state index contributed by atoms with van der Waals surface area (Å²) in [6.07, 6.45) is 3.31. The molecule has 6 nitrogen and oxygen atoms in total. The molecule has 1 aliphatic rings. The smallest absolute Gasteiger partial charge is 0.319 e. The van der Waals surface area contributed by atoms with Gasteiger partial charge >= 0.3 is 12.1 Å². The Kier molecular flexibility index (Phi) is 7.91. The summed E-state index contributed by atoms with van der Waals surface area (Å²) < 4.78 is 54.5. The second kappa shape index (κ2) is 10.8. The number of anilines is 2. The maximum absolute atomic E-state index is 13.6. The lowest BCUT2D eigenvalue weighted by Crippen LogP contribution is -2.38. The van der Waals surface area contributed by atoms with Gasteiger partial charge in [-0.1, -0.05) is 18.6 Å². The van der Waals surface area contributed by atoms with Crippen molar-refractivity contribution in [3.8, 4) is 0 Å². The number of rotatable bonds is 6. The Bertz CT molecular complexity index is 857. The van der Waals surface area contributed by atoms with Crippen molar-refractivity contribution in [2.24, 2.45) is 11.8 Å². The summed E-state index contributed by atoms with van der Waals surface area (Å²) in [5.74, 6) is -3.21. The second-order valence-electron chi connectivity index (χ2n) is 7.76. The quantitative estimate of drug-likeness (QED) is 0.466. The van der Waals surface area contributed by atoms with E-state index in [0.29, 0.717) is 19.5 Å². The molecule has 0 unspecified atom stereocenters. The van der Waals surface area contributed by atoms with E-state index in [1.165, 1.54) is 12.1 Å². The van der Waals surface area contributed by atoms with Gasteiger partial charge in [-0.2, -0.15) is 0 Å². The Morgan fingerprint density at radius 2 is 1.09 bits per heavy atom. The lowest BCUT2D eigenvalue weighted by molar-refractivity contribution is 0.230. The van der Waals surface area contributed by atoms with Crippen LogP contribution in [0.3, 0.4) is 0 Å². The number of benzene rings is 2. The van der Waals surface area contributed by atoms with E-state index >= 15 is 0 Å². The summed E-state index contributed by atoms with van der Waals surface area (Å²) >= 11 is 0. The Balaban J connectivity index is 1.42.